The summed E-state index contributed by atoms with van der Waals surface area (Å²) in [5.41, 5.74) is 5.29. The van der Waals surface area contributed by atoms with Crippen molar-refractivity contribution >= 4 is 28.8 Å². The molecule has 1 aliphatic heterocycles. The Morgan fingerprint density at radius 3 is 2.06 bits per heavy atom. The number of carbonyl (C=O) groups excluding carboxylic acids is 2. The Hall–Kier alpha value is -4.06. The van der Waals surface area contributed by atoms with Gasteiger partial charge in [0.1, 0.15) is 5.70 Å². The summed E-state index contributed by atoms with van der Waals surface area (Å²) in [6.07, 6.45) is 0. The van der Waals surface area contributed by atoms with Crippen LogP contribution in [0.3, 0.4) is 0 Å². The predicted molar refractivity (Wildman–Crippen MR) is 130 cm³/mol. The van der Waals surface area contributed by atoms with E-state index in [1.54, 1.807) is 32.4 Å². The Morgan fingerprint density at radius 1 is 0.727 bits per heavy atom. The maximum absolute atomic E-state index is 13.7. The number of benzene rings is 3. The highest BCUT2D eigenvalue weighted by Gasteiger charge is 2.40. The number of aryl methyl sites for hydroxylation is 3. The van der Waals surface area contributed by atoms with Crippen LogP contribution in [0.2, 0.25) is 0 Å². The molecule has 168 valence electrons. The number of hydrogen-bond donors (Lipinski definition) is 1. The van der Waals surface area contributed by atoms with Crippen LogP contribution in [0.4, 0.5) is 11.4 Å². The first kappa shape index (κ1) is 22.1. The molecule has 3 aromatic carbocycles. The SMILES string of the molecule is COc1ccc(NC2=C(c3ccc(C)cc3)C(=O)N(c3cc(C)ccc3C)C2=O)cc1OC. The average Bonchev–Trinajstić information content (AvgIpc) is 3.05. The molecule has 3 aromatic rings. The van der Waals surface area contributed by atoms with Crippen LogP contribution in [0.15, 0.2) is 66.4 Å². The zero-order valence-electron chi connectivity index (χ0n) is 19.4. The quantitative estimate of drug-likeness (QED) is 0.543. The number of carbonyl (C=O) groups is 2. The molecule has 0 spiro atoms. The normalized spacial score (nSPS) is 13.5. The van der Waals surface area contributed by atoms with Crippen molar-refractivity contribution in [2.75, 3.05) is 24.4 Å². The van der Waals surface area contributed by atoms with Gasteiger partial charge in [-0.25, -0.2) is 4.90 Å². The van der Waals surface area contributed by atoms with Crippen LogP contribution >= 0.6 is 0 Å². The first-order valence-electron chi connectivity index (χ1n) is 10.6. The number of nitrogens with zero attached hydrogens (tertiary/aromatic N) is 1. The maximum Gasteiger partial charge on any atom is 0.282 e. The Kier molecular flexibility index (Phi) is 5.92. The Labute approximate surface area is 193 Å². The molecular formula is C27H26N2O4. The van der Waals surface area contributed by atoms with Gasteiger partial charge in [0.15, 0.2) is 11.5 Å². The molecule has 0 atom stereocenters. The summed E-state index contributed by atoms with van der Waals surface area (Å²) in [5.74, 6) is 0.323. The molecule has 1 heterocycles. The molecule has 1 aliphatic rings. The third kappa shape index (κ3) is 4.07. The molecule has 2 amide bonds. The average molecular weight is 443 g/mol. The van der Waals surface area contributed by atoms with Gasteiger partial charge in [0.05, 0.1) is 25.5 Å². The summed E-state index contributed by atoms with van der Waals surface area (Å²) in [7, 11) is 3.11. The van der Waals surface area contributed by atoms with Crippen LogP contribution in [-0.2, 0) is 9.59 Å². The van der Waals surface area contributed by atoms with E-state index in [0.717, 1.165) is 16.7 Å². The van der Waals surface area contributed by atoms with Crippen LogP contribution < -0.4 is 19.7 Å². The van der Waals surface area contributed by atoms with Gasteiger partial charge in [-0.1, -0.05) is 42.0 Å². The minimum atomic E-state index is -0.404. The smallest absolute Gasteiger partial charge is 0.282 e. The Balaban J connectivity index is 1.84. The maximum atomic E-state index is 13.7. The van der Waals surface area contributed by atoms with E-state index in [4.69, 9.17) is 9.47 Å². The second kappa shape index (κ2) is 8.82. The minimum Gasteiger partial charge on any atom is -0.493 e. The highest BCUT2D eigenvalue weighted by molar-refractivity contribution is 6.46. The fourth-order valence-corrected chi connectivity index (χ4v) is 3.87. The van der Waals surface area contributed by atoms with Crippen molar-refractivity contribution < 1.29 is 19.1 Å². The second-order valence-electron chi connectivity index (χ2n) is 8.05. The second-order valence-corrected chi connectivity index (χ2v) is 8.05. The molecule has 0 fully saturated rings. The van der Waals surface area contributed by atoms with Gasteiger partial charge in [-0.05, 0) is 55.7 Å². The van der Waals surface area contributed by atoms with E-state index in [9.17, 15) is 9.59 Å². The molecule has 6 heteroatoms. The lowest BCUT2D eigenvalue weighted by molar-refractivity contribution is -0.120. The monoisotopic (exact) mass is 442 g/mol. The molecular weight excluding hydrogens is 416 g/mol. The standard InChI is InChI=1S/C27H26N2O4/c1-16-7-10-19(11-8-16)24-25(28-20-12-13-22(32-4)23(15-20)33-5)27(31)29(26(24)30)21-14-17(2)6-9-18(21)3/h6-15,28H,1-5H3. The zero-order valence-corrected chi connectivity index (χ0v) is 19.4. The largest absolute Gasteiger partial charge is 0.493 e. The number of nitrogens with one attached hydrogen (secondary N) is 1. The van der Waals surface area contributed by atoms with Crippen LogP contribution in [0, 0.1) is 20.8 Å². The third-order valence-corrected chi connectivity index (χ3v) is 5.68. The molecule has 0 saturated heterocycles. The lowest BCUT2D eigenvalue weighted by Crippen LogP contribution is -2.33. The summed E-state index contributed by atoms with van der Waals surface area (Å²) < 4.78 is 10.7. The molecule has 0 unspecified atom stereocenters. The molecule has 0 aromatic heterocycles. The highest BCUT2D eigenvalue weighted by Crippen LogP contribution is 2.37. The van der Waals surface area contributed by atoms with Crippen LogP contribution in [-0.4, -0.2) is 26.0 Å². The van der Waals surface area contributed by atoms with Crippen molar-refractivity contribution in [3.05, 3.63) is 88.6 Å². The van der Waals surface area contributed by atoms with Crippen LogP contribution in [0.1, 0.15) is 22.3 Å². The summed E-state index contributed by atoms with van der Waals surface area (Å²) in [4.78, 5) is 28.5. The topological polar surface area (TPSA) is 67.9 Å². The van der Waals surface area contributed by atoms with Crippen molar-refractivity contribution in [3.8, 4) is 11.5 Å². The molecule has 33 heavy (non-hydrogen) atoms. The molecule has 0 radical (unpaired) electrons. The number of anilines is 2. The number of hydrogen-bond acceptors (Lipinski definition) is 5. The predicted octanol–water partition coefficient (Wildman–Crippen LogP) is 5.03. The summed E-state index contributed by atoms with van der Waals surface area (Å²) >= 11 is 0. The molecule has 1 N–H and O–H groups in total. The van der Waals surface area contributed by atoms with Gasteiger partial charge in [0.2, 0.25) is 0 Å². The van der Waals surface area contributed by atoms with Gasteiger partial charge in [-0.15, -0.1) is 0 Å². The number of ether oxygens (including phenoxy) is 2. The van der Waals surface area contributed by atoms with E-state index in [0.29, 0.717) is 34.0 Å². The van der Waals surface area contributed by atoms with Gasteiger partial charge in [0, 0.05) is 11.8 Å². The summed E-state index contributed by atoms with van der Waals surface area (Å²) in [6, 6.07) is 18.6. The first-order chi connectivity index (χ1) is 15.8. The first-order valence-corrected chi connectivity index (χ1v) is 10.6. The molecule has 0 bridgehead atoms. The lowest BCUT2D eigenvalue weighted by atomic mass is 10.0. The Bertz CT molecular complexity index is 1280. The summed E-state index contributed by atoms with van der Waals surface area (Å²) in [5, 5.41) is 3.18. The van der Waals surface area contributed by atoms with Crippen LogP contribution in [0.25, 0.3) is 5.57 Å². The number of methoxy groups -OCH3 is 2. The van der Waals surface area contributed by atoms with Crippen molar-refractivity contribution in [2.24, 2.45) is 0 Å². The van der Waals surface area contributed by atoms with Gasteiger partial charge in [-0.3, -0.25) is 9.59 Å². The molecule has 6 nitrogen and oxygen atoms in total. The molecule has 0 aliphatic carbocycles. The van der Waals surface area contributed by atoms with Crippen LogP contribution in [0.5, 0.6) is 11.5 Å². The number of amides is 2. The van der Waals surface area contributed by atoms with Crippen molar-refractivity contribution in [3.63, 3.8) is 0 Å². The molecule has 4 rings (SSSR count). The van der Waals surface area contributed by atoms with Gasteiger partial charge < -0.3 is 14.8 Å². The van der Waals surface area contributed by atoms with Gasteiger partial charge in [-0.2, -0.15) is 0 Å². The number of rotatable bonds is 6. The van der Waals surface area contributed by atoms with E-state index in [1.165, 1.54) is 4.90 Å². The van der Waals surface area contributed by atoms with Crippen molar-refractivity contribution in [1.29, 1.82) is 0 Å². The van der Waals surface area contributed by atoms with E-state index in [-0.39, 0.29) is 11.6 Å². The zero-order chi connectivity index (χ0) is 23.7. The van der Waals surface area contributed by atoms with Crippen molar-refractivity contribution in [2.45, 2.75) is 20.8 Å². The third-order valence-electron chi connectivity index (χ3n) is 5.68. The number of imide groups is 1. The minimum absolute atomic E-state index is 0.219. The Morgan fingerprint density at radius 2 is 1.39 bits per heavy atom. The van der Waals surface area contributed by atoms with Crippen molar-refractivity contribution in [1.82, 2.24) is 0 Å². The fourth-order valence-electron chi connectivity index (χ4n) is 3.87. The molecule has 0 saturated carbocycles. The van der Waals surface area contributed by atoms with E-state index in [2.05, 4.69) is 5.32 Å². The highest BCUT2D eigenvalue weighted by atomic mass is 16.5. The van der Waals surface area contributed by atoms with Gasteiger partial charge in [0.25, 0.3) is 11.8 Å². The van der Waals surface area contributed by atoms with E-state index >= 15 is 0 Å². The fraction of sp³-hybridized carbons (Fsp3) is 0.185. The van der Waals surface area contributed by atoms with E-state index < -0.39 is 5.91 Å². The van der Waals surface area contributed by atoms with E-state index in [1.807, 2.05) is 63.2 Å². The van der Waals surface area contributed by atoms with Gasteiger partial charge >= 0.3 is 0 Å². The summed E-state index contributed by atoms with van der Waals surface area (Å²) in [6.45, 7) is 5.80. The lowest BCUT2D eigenvalue weighted by Gasteiger charge is -2.18.